The summed E-state index contributed by atoms with van der Waals surface area (Å²) in [5, 5.41) is 0. The van der Waals surface area contributed by atoms with E-state index < -0.39 is 23.2 Å². The van der Waals surface area contributed by atoms with Crippen LogP contribution in [0.2, 0.25) is 0 Å². The number of rotatable bonds is 36. The van der Waals surface area contributed by atoms with E-state index in [4.69, 9.17) is 0 Å². The first-order valence-corrected chi connectivity index (χ1v) is 24.3. The van der Waals surface area contributed by atoms with Gasteiger partial charge in [-0.1, -0.05) is 104 Å². The van der Waals surface area contributed by atoms with Crippen LogP contribution in [0.15, 0.2) is 42.0 Å². The molecule has 0 heterocycles. The fraction of sp³-hybridized carbons (Fsp3) is 0.826. The van der Waals surface area contributed by atoms with Crippen LogP contribution >= 0.6 is 24.8 Å². The second-order valence-electron chi connectivity index (χ2n) is 15.5. The van der Waals surface area contributed by atoms with Crippen LogP contribution in [0.4, 0.5) is 0 Å². The molecule has 0 bridgehead atoms. The van der Waals surface area contributed by atoms with E-state index in [1.54, 1.807) is 11.1 Å². The Morgan fingerprint density at radius 1 is 0.347 bits per heavy atom. The zero-order valence-corrected chi connectivity index (χ0v) is 37.2. The third-order valence-electron chi connectivity index (χ3n) is 11.0. The van der Waals surface area contributed by atoms with E-state index in [2.05, 4.69) is 38.2 Å². The molecule has 0 spiro atoms. The van der Waals surface area contributed by atoms with E-state index in [1.165, 1.54) is 231 Å². The van der Waals surface area contributed by atoms with Gasteiger partial charge in [0.2, 0.25) is 0 Å². The maximum Gasteiger partial charge on any atom is -0.147 e. The van der Waals surface area contributed by atoms with Gasteiger partial charge in [0, 0.05) is 0 Å². The fourth-order valence-electron chi connectivity index (χ4n) is 7.74. The Labute approximate surface area is 332 Å². The molecular weight excluding hydrogens is 715 g/mol. The zero-order chi connectivity index (χ0) is 33.3. The molecule has 0 aromatic rings. The smallest absolute Gasteiger partial charge is 0.147 e. The quantitative estimate of drug-likeness (QED) is 0.0554. The van der Waals surface area contributed by atoms with Gasteiger partial charge in [-0.3, -0.25) is 0 Å². The van der Waals surface area contributed by atoms with Crippen molar-refractivity contribution in [3.05, 3.63) is 42.0 Å². The first kappa shape index (κ1) is 49.4. The maximum atomic E-state index is 2.51. The molecule has 0 atom stereocenters. The molecular formula is C46H84Cl2Zr. The van der Waals surface area contributed by atoms with Gasteiger partial charge in [-0.15, -0.1) is 24.8 Å². The molecule has 2 aliphatic rings. The molecule has 0 radical (unpaired) electrons. The van der Waals surface area contributed by atoms with Crippen molar-refractivity contribution in [2.45, 2.75) is 245 Å². The molecule has 49 heavy (non-hydrogen) atoms. The molecule has 0 unspecified atom stereocenters. The van der Waals surface area contributed by atoms with Gasteiger partial charge >= 0.3 is 207 Å². The summed E-state index contributed by atoms with van der Waals surface area (Å²) in [7, 11) is 0. The summed E-state index contributed by atoms with van der Waals surface area (Å²) in [5.74, 6) is 0. The van der Waals surface area contributed by atoms with Crippen LogP contribution < -0.4 is 0 Å². The molecule has 0 N–H and O–H groups in total. The SMILES string of the molecule is CCCCCCCCCCCCCCCCCCC1=[C]([Zr][C]2=C(CCCCCCCCCCCCCCCCCC)C=CC2)CC=C1.Cl.Cl. The summed E-state index contributed by atoms with van der Waals surface area (Å²) >= 11 is -0.563. The summed E-state index contributed by atoms with van der Waals surface area (Å²) in [4.78, 5) is 0. The Morgan fingerprint density at radius 3 is 0.816 bits per heavy atom. The molecule has 2 rings (SSSR count). The molecule has 0 fully saturated rings. The van der Waals surface area contributed by atoms with Gasteiger partial charge in [0.25, 0.3) is 0 Å². The number of unbranched alkanes of at least 4 members (excludes halogenated alkanes) is 30. The normalized spacial score (nSPS) is 13.8. The van der Waals surface area contributed by atoms with Gasteiger partial charge in [0.15, 0.2) is 0 Å². The van der Waals surface area contributed by atoms with Gasteiger partial charge in [0.1, 0.15) is 0 Å². The molecule has 0 saturated carbocycles. The predicted molar refractivity (Wildman–Crippen MR) is 224 cm³/mol. The molecule has 0 amide bonds. The Kier molecular flexibility index (Phi) is 38.5. The van der Waals surface area contributed by atoms with Gasteiger partial charge < -0.3 is 0 Å². The van der Waals surface area contributed by atoms with Crippen molar-refractivity contribution in [3.8, 4) is 0 Å². The van der Waals surface area contributed by atoms with Crippen LogP contribution in [0.5, 0.6) is 0 Å². The van der Waals surface area contributed by atoms with E-state index in [9.17, 15) is 0 Å². The minimum absolute atomic E-state index is 0. The van der Waals surface area contributed by atoms with E-state index in [1.807, 2.05) is 6.56 Å². The van der Waals surface area contributed by atoms with Crippen molar-refractivity contribution in [2.24, 2.45) is 0 Å². The second kappa shape index (κ2) is 38.2. The van der Waals surface area contributed by atoms with Crippen LogP contribution in [-0.2, 0) is 23.2 Å². The van der Waals surface area contributed by atoms with Gasteiger partial charge in [-0.2, -0.15) is 0 Å². The van der Waals surface area contributed by atoms with Crippen molar-refractivity contribution in [1.29, 1.82) is 0 Å². The number of hydrogen-bond donors (Lipinski definition) is 0. The molecule has 0 aromatic carbocycles. The minimum Gasteiger partial charge on any atom is -0.147 e. The number of allylic oxidation sites excluding steroid dienone is 8. The van der Waals surface area contributed by atoms with Crippen LogP contribution in [0.25, 0.3) is 0 Å². The summed E-state index contributed by atoms with van der Waals surface area (Å²) in [5.41, 5.74) is 3.53. The third kappa shape index (κ3) is 28.6. The zero-order valence-electron chi connectivity index (χ0n) is 33.1. The van der Waals surface area contributed by atoms with E-state index in [0.29, 0.717) is 0 Å². The first-order chi connectivity index (χ1) is 23.3. The van der Waals surface area contributed by atoms with Gasteiger partial charge in [-0.05, 0) is 0 Å². The summed E-state index contributed by atoms with van der Waals surface area (Å²) in [6.07, 6.45) is 62.1. The second-order valence-corrected chi connectivity index (χ2v) is 19.0. The molecule has 0 aromatic heterocycles. The number of halogens is 2. The Morgan fingerprint density at radius 2 is 0.571 bits per heavy atom. The van der Waals surface area contributed by atoms with Crippen molar-refractivity contribution in [2.75, 3.05) is 0 Å². The van der Waals surface area contributed by atoms with Crippen LogP contribution in [0, 0.1) is 0 Å². The molecule has 0 saturated heterocycles. The van der Waals surface area contributed by atoms with Crippen molar-refractivity contribution >= 4 is 24.8 Å². The standard InChI is InChI=1S/2C23H41.2ClH.Zr/c2*1-2-3-4-5-6-7-8-9-10-11-12-13-14-15-16-17-20-23-21-18-19-22-23;;;/h2*18,21H,2-17,19-20H2,1H3;2*1H;. The first-order valence-electron chi connectivity index (χ1n) is 21.9. The summed E-state index contributed by atoms with van der Waals surface area (Å²) < 4.78 is 3.83. The van der Waals surface area contributed by atoms with Crippen molar-refractivity contribution < 1.29 is 23.2 Å². The van der Waals surface area contributed by atoms with Crippen molar-refractivity contribution in [1.82, 2.24) is 0 Å². The fourth-order valence-corrected chi connectivity index (χ4v) is 11.5. The van der Waals surface area contributed by atoms with Gasteiger partial charge in [0.05, 0.1) is 0 Å². The van der Waals surface area contributed by atoms with E-state index >= 15 is 0 Å². The van der Waals surface area contributed by atoms with Gasteiger partial charge in [-0.25, -0.2) is 0 Å². The Balaban J connectivity index is 0.0000115. The molecule has 3 heteroatoms. The predicted octanol–water partition coefficient (Wildman–Crippen LogP) is 17.6. The monoisotopic (exact) mass is 796 g/mol. The van der Waals surface area contributed by atoms with Crippen LogP contribution in [-0.4, -0.2) is 0 Å². The third-order valence-corrected chi connectivity index (χ3v) is 15.0. The molecule has 286 valence electrons. The average Bonchev–Trinajstić information content (AvgIpc) is 3.73. The average molecular weight is 799 g/mol. The molecule has 0 aliphatic heterocycles. The molecule has 0 nitrogen and oxygen atoms in total. The van der Waals surface area contributed by atoms with E-state index in [0.717, 1.165) is 0 Å². The van der Waals surface area contributed by atoms with Crippen LogP contribution in [0.1, 0.15) is 245 Å². The number of hydrogen-bond acceptors (Lipinski definition) is 0. The maximum absolute atomic E-state index is 2.51. The minimum atomic E-state index is -0.563. The largest absolute Gasteiger partial charge is 0.147 e. The van der Waals surface area contributed by atoms with Crippen molar-refractivity contribution in [3.63, 3.8) is 0 Å². The molecule has 2 aliphatic carbocycles. The Hall–Kier alpha value is 0.423. The summed E-state index contributed by atoms with van der Waals surface area (Å²) in [6, 6.07) is 0. The summed E-state index contributed by atoms with van der Waals surface area (Å²) in [6.45, 7) is 4.62. The van der Waals surface area contributed by atoms with E-state index in [-0.39, 0.29) is 24.8 Å². The van der Waals surface area contributed by atoms with Crippen LogP contribution in [0.3, 0.4) is 0 Å². The topological polar surface area (TPSA) is 0 Å². The Bertz CT molecular complexity index is 770.